The molecule has 1 aromatic rings. The molecule has 0 spiro atoms. The summed E-state index contributed by atoms with van der Waals surface area (Å²) in [5, 5.41) is 0. The monoisotopic (exact) mass is 292 g/mol. The van der Waals surface area contributed by atoms with Crippen molar-refractivity contribution in [3.63, 3.8) is 0 Å². The lowest BCUT2D eigenvalue weighted by Gasteiger charge is -2.30. The van der Waals surface area contributed by atoms with Crippen LogP contribution in [0.5, 0.6) is 0 Å². The van der Waals surface area contributed by atoms with Crippen molar-refractivity contribution >= 4 is 0 Å². The number of rotatable bonds is 7. The molecule has 1 aliphatic rings. The molecule has 0 radical (unpaired) electrons. The van der Waals surface area contributed by atoms with E-state index >= 15 is 0 Å². The van der Waals surface area contributed by atoms with Crippen LogP contribution in [-0.2, 0) is 13.1 Å². The summed E-state index contributed by atoms with van der Waals surface area (Å²) in [5.41, 5.74) is 7.50. The van der Waals surface area contributed by atoms with E-state index in [9.17, 15) is 4.39 Å². The molecule has 1 aromatic carbocycles. The molecule has 2 nitrogen and oxygen atoms in total. The molecule has 1 aliphatic carbocycles. The lowest BCUT2D eigenvalue weighted by Crippen LogP contribution is -2.34. The maximum Gasteiger partial charge on any atom is 0.127 e. The molecule has 3 heteroatoms. The predicted octanol–water partition coefficient (Wildman–Crippen LogP) is 4.08. The molecular weight excluding hydrogens is 263 g/mol. The molecule has 118 valence electrons. The lowest BCUT2D eigenvalue weighted by molar-refractivity contribution is 0.177. The molecule has 21 heavy (non-hydrogen) atoms. The summed E-state index contributed by atoms with van der Waals surface area (Å²) in [5.74, 6) is 0.592. The molecule has 0 saturated heterocycles. The molecule has 2 rings (SSSR count). The molecular formula is C18H29FN2. The Morgan fingerprint density at radius 2 is 2.00 bits per heavy atom. The third-order valence-electron chi connectivity index (χ3n) is 4.55. The standard InChI is InChI=1S/C18H29FN2/c1-14(2)9-10-21(17-5-3-4-6-17)13-16-11-15(12-20)7-8-18(16)19/h7-8,11,14,17H,3-6,9-10,12-13,20H2,1-2H3. The first-order chi connectivity index (χ1) is 10.1. The van der Waals surface area contributed by atoms with Gasteiger partial charge in [-0.25, -0.2) is 4.39 Å². The van der Waals surface area contributed by atoms with Gasteiger partial charge in [0.25, 0.3) is 0 Å². The van der Waals surface area contributed by atoms with Crippen LogP contribution in [0, 0.1) is 11.7 Å². The van der Waals surface area contributed by atoms with Crippen LogP contribution in [0.2, 0.25) is 0 Å². The normalized spacial score (nSPS) is 16.3. The minimum absolute atomic E-state index is 0.0975. The van der Waals surface area contributed by atoms with Crippen molar-refractivity contribution < 1.29 is 4.39 Å². The quantitative estimate of drug-likeness (QED) is 0.820. The van der Waals surface area contributed by atoms with Crippen molar-refractivity contribution in [1.29, 1.82) is 0 Å². The van der Waals surface area contributed by atoms with Gasteiger partial charge in [-0.15, -0.1) is 0 Å². The predicted molar refractivity (Wildman–Crippen MR) is 86.4 cm³/mol. The van der Waals surface area contributed by atoms with Gasteiger partial charge in [-0.05, 0) is 43.4 Å². The van der Waals surface area contributed by atoms with Gasteiger partial charge in [0.2, 0.25) is 0 Å². The molecule has 0 aliphatic heterocycles. The summed E-state index contributed by atoms with van der Waals surface area (Å²) in [6.07, 6.45) is 6.32. The highest BCUT2D eigenvalue weighted by Gasteiger charge is 2.23. The topological polar surface area (TPSA) is 29.3 Å². The van der Waals surface area contributed by atoms with Crippen molar-refractivity contribution in [2.24, 2.45) is 11.7 Å². The van der Waals surface area contributed by atoms with Crippen LogP contribution in [0.4, 0.5) is 4.39 Å². The average molecular weight is 292 g/mol. The lowest BCUT2D eigenvalue weighted by atomic mass is 10.1. The van der Waals surface area contributed by atoms with Crippen molar-refractivity contribution in [1.82, 2.24) is 4.90 Å². The van der Waals surface area contributed by atoms with Crippen LogP contribution in [-0.4, -0.2) is 17.5 Å². The Morgan fingerprint density at radius 1 is 1.29 bits per heavy atom. The Balaban J connectivity index is 2.09. The third-order valence-corrected chi connectivity index (χ3v) is 4.55. The molecule has 0 amide bonds. The fourth-order valence-electron chi connectivity index (χ4n) is 3.18. The van der Waals surface area contributed by atoms with Crippen LogP contribution in [0.3, 0.4) is 0 Å². The van der Waals surface area contributed by atoms with E-state index in [1.54, 1.807) is 12.1 Å². The van der Waals surface area contributed by atoms with Crippen LogP contribution in [0.25, 0.3) is 0 Å². The van der Waals surface area contributed by atoms with Gasteiger partial charge < -0.3 is 5.73 Å². The van der Waals surface area contributed by atoms with Crippen molar-refractivity contribution in [2.45, 2.75) is 65.1 Å². The van der Waals surface area contributed by atoms with Gasteiger partial charge in [-0.3, -0.25) is 4.90 Å². The van der Waals surface area contributed by atoms with Gasteiger partial charge in [-0.1, -0.05) is 38.8 Å². The highest BCUT2D eigenvalue weighted by Crippen LogP contribution is 2.26. The fourth-order valence-corrected chi connectivity index (χ4v) is 3.18. The van der Waals surface area contributed by atoms with E-state index in [0.29, 0.717) is 18.5 Å². The Bertz CT molecular complexity index is 439. The number of hydrogen-bond acceptors (Lipinski definition) is 2. The van der Waals surface area contributed by atoms with E-state index in [1.165, 1.54) is 32.1 Å². The summed E-state index contributed by atoms with van der Waals surface area (Å²) in [4.78, 5) is 2.49. The van der Waals surface area contributed by atoms with Crippen LogP contribution in [0.1, 0.15) is 57.1 Å². The van der Waals surface area contributed by atoms with Crippen molar-refractivity contribution in [3.8, 4) is 0 Å². The van der Waals surface area contributed by atoms with E-state index in [0.717, 1.165) is 24.2 Å². The minimum Gasteiger partial charge on any atom is -0.326 e. The Hall–Kier alpha value is -0.930. The smallest absolute Gasteiger partial charge is 0.127 e. The minimum atomic E-state index is -0.0975. The SMILES string of the molecule is CC(C)CCN(Cc1cc(CN)ccc1F)C1CCCC1. The second kappa shape index (κ2) is 7.90. The molecule has 0 heterocycles. The zero-order valence-corrected chi connectivity index (χ0v) is 13.4. The molecule has 0 unspecified atom stereocenters. The maximum atomic E-state index is 14.1. The molecule has 1 saturated carbocycles. The van der Waals surface area contributed by atoms with Crippen LogP contribution in [0.15, 0.2) is 18.2 Å². The number of nitrogens with zero attached hydrogens (tertiary/aromatic N) is 1. The first kappa shape index (κ1) is 16.4. The van der Waals surface area contributed by atoms with Crippen molar-refractivity contribution in [3.05, 3.63) is 35.1 Å². The highest BCUT2D eigenvalue weighted by molar-refractivity contribution is 5.25. The summed E-state index contributed by atoms with van der Waals surface area (Å²) in [6.45, 7) is 6.76. The molecule has 0 aromatic heterocycles. The first-order valence-corrected chi connectivity index (χ1v) is 8.31. The van der Waals surface area contributed by atoms with E-state index in [2.05, 4.69) is 18.7 Å². The Kier molecular flexibility index (Phi) is 6.19. The zero-order chi connectivity index (χ0) is 15.2. The van der Waals surface area contributed by atoms with Crippen LogP contribution < -0.4 is 5.73 Å². The molecule has 0 atom stereocenters. The fraction of sp³-hybridized carbons (Fsp3) is 0.667. The summed E-state index contributed by atoms with van der Waals surface area (Å²) in [7, 11) is 0. The molecule has 2 N–H and O–H groups in total. The van der Waals surface area contributed by atoms with Crippen molar-refractivity contribution in [2.75, 3.05) is 6.54 Å². The maximum absolute atomic E-state index is 14.1. The van der Waals surface area contributed by atoms with Gasteiger partial charge in [0, 0.05) is 24.7 Å². The number of nitrogens with two attached hydrogens (primary N) is 1. The van der Waals surface area contributed by atoms with E-state index < -0.39 is 0 Å². The first-order valence-electron chi connectivity index (χ1n) is 8.31. The number of halogens is 1. The number of hydrogen-bond donors (Lipinski definition) is 1. The largest absolute Gasteiger partial charge is 0.326 e. The highest BCUT2D eigenvalue weighted by atomic mass is 19.1. The zero-order valence-electron chi connectivity index (χ0n) is 13.4. The summed E-state index contributed by atoms with van der Waals surface area (Å²) >= 11 is 0. The summed E-state index contributed by atoms with van der Waals surface area (Å²) in [6, 6.07) is 5.91. The van der Waals surface area contributed by atoms with Gasteiger partial charge in [0.15, 0.2) is 0 Å². The second-order valence-corrected chi connectivity index (χ2v) is 6.72. The van der Waals surface area contributed by atoms with E-state index in [-0.39, 0.29) is 5.82 Å². The van der Waals surface area contributed by atoms with Gasteiger partial charge in [0.05, 0.1) is 0 Å². The Morgan fingerprint density at radius 3 is 2.62 bits per heavy atom. The van der Waals surface area contributed by atoms with Crippen LogP contribution >= 0.6 is 0 Å². The molecule has 1 fully saturated rings. The average Bonchev–Trinajstić information content (AvgIpc) is 2.99. The summed E-state index contributed by atoms with van der Waals surface area (Å²) < 4.78 is 14.1. The van der Waals surface area contributed by atoms with Gasteiger partial charge in [0.1, 0.15) is 5.82 Å². The van der Waals surface area contributed by atoms with Gasteiger partial charge in [-0.2, -0.15) is 0 Å². The third kappa shape index (κ3) is 4.79. The van der Waals surface area contributed by atoms with Gasteiger partial charge >= 0.3 is 0 Å². The second-order valence-electron chi connectivity index (χ2n) is 6.72. The Labute approximate surface area is 128 Å². The number of benzene rings is 1. The van der Waals surface area contributed by atoms with E-state index in [4.69, 9.17) is 5.73 Å². The molecule has 0 bridgehead atoms. The van der Waals surface area contributed by atoms with E-state index in [1.807, 2.05) is 6.07 Å².